The summed E-state index contributed by atoms with van der Waals surface area (Å²) in [6, 6.07) is 10.1. The van der Waals surface area contributed by atoms with Crippen LogP contribution in [0.1, 0.15) is 31.7 Å². The summed E-state index contributed by atoms with van der Waals surface area (Å²) in [5, 5.41) is 0. The molecule has 1 aliphatic rings. The van der Waals surface area contributed by atoms with Gasteiger partial charge in [-0.2, -0.15) is 0 Å². The van der Waals surface area contributed by atoms with Crippen LogP contribution in [0, 0.1) is 5.92 Å². The van der Waals surface area contributed by atoms with Crippen LogP contribution in [0.25, 0.3) is 0 Å². The second kappa shape index (κ2) is 6.34. The third kappa shape index (κ3) is 3.19. The average molecular weight is 245 g/mol. The fourth-order valence-electron chi connectivity index (χ4n) is 2.36. The van der Waals surface area contributed by atoms with Crippen molar-refractivity contribution in [1.29, 1.82) is 0 Å². The van der Waals surface area contributed by atoms with Crippen LogP contribution in [-0.2, 0) is 9.53 Å². The molecule has 0 aromatic heterocycles. The van der Waals surface area contributed by atoms with Gasteiger partial charge in [-0.25, -0.2) is 0 Å². The van der Waals surface area contributed by atoms with Crippen molar-refractivity contribution in [3.63, 3.8) is 0 Å². The fraction of sp³-hybridized carbons (Fsp3) is 0.467. The lowest BCUT2D eigenvalue weighted by molar-refractivity contribution is -0.148. The minimum Gasteiger partial charge on any atom is -0.466 e. The summed E-state index contributed by atoms with van der Waals surface area (Å²) in [6.45, 7) is 2.29. The first-order valence-corrected chi connectivity index (χ1v) is 6.56. The van der Waals surface area contributed by atoms with Gasteiger partial charge in [0.2, 0.25) is 0 Å². The Morgan fingerprint density at radius 3 is 2.89 bits per heavy atom. The van der Waals surface area contributed by atoms with E-state index in [0.717, 1.165) is 24.8 Å². The normalized spacial score (nSPS) is 23.4. The van der Waals surface area contributed by atoms with Crippen LogP contribution < -0.4 is 0 Å². The van der Waals surface area contributed by atoms with Crippen molar-refractivity contribution in [2.75, 3.05) is 6.61 Å². The van der Waals surface area contributed by atoms with Crippen molar-refractivity contribution >= 4 is 12.2 Å². The predicted molar refractivity (Wildman–Crippen MR) is 71.8 cm³/mol. The molecule has 1 aromatic rings. The summed E-state index contributed by atoms with van der Waals surface area (Å²) in [5.41, 5.74) is 1.08. The lowest BCUT2D eigenvalue weighted by Crippen LogP contribution is -2.24. The number of rotatable bonds is 4. The number of carbonyl (C=O) groups excluding carboxylic acids is 1. The summed E-state index contributed by atoms with van der Waals surface area (Å²) >= 11 is 0. The van der Waals surface area contributed by atoms with Gasteiger partial charge in [0.15, 0.2) is 0 Å². The molecule has 0 N–H and O–H groups in total. The predicted octanol–water partition coefficient (Wildman–Crippen LogP) is 2.84. The highest BCUT2D eigenvalue weighted by Gasteiger charge is 2.33. The first-order chi connectivity index (χ1) is 8.81. The first-order valence-electron chi connectivity index (χ1n) is 6.56. The van der Waals surface area contributed by atoms with Gasteiger partial charge in [0.05, 0.1) is 18.6 Å². The van der Waals surface area contributed by atoms with E-state index in [4.69, 9.17) is 4.74 Å². The van der Waals surface area contributed by atoms with Crippen molar-refractivity contribution in [1.82, 2.24) is 0 Å². The van der Waals surface area contributed by atoms with E-state index in [0.29, 0.717) is 6.61 Å². The maximum Gasteiger partial charge on any atom is 0.311 e. The van der Waals surface area contributed by atoms with Gasteiger partial charge in [-0.3, -0.25) is 9.79 Å². The van der Waals surface area contributed by atoms with E-state index in [9.17, 15) is 4.79 Å². The van der Waals surface area contributed by atoms with E-state index >= 15 is 0 Å². The summed E-state index contributed by atoms with van der Waals surface area (Å²) in [6.07, 6.45) is 4.80. The molecule has 0 heterocycles. The minimum absolute atomic E-state index is 0.0510. The molecule has 18 heavy (non-hydrogen) atoms. The molecule has 0 aliphatic heterocycles. The van der Waals surface area contributed by atoms with Gasteiger partial charge in [0.1, 0.15) is 0 Å². The standard InChI is InChI=1S/C15H19NO2/c1-2-18-15(17)13-9-6-10-14(13)16-11-12-7-4-3-5-8-12/h3-5,7-8,11,13-14H,2,6,9-10H2,1H3/t13-,14-/m1/s1. The summed E-state index contributed by atoms with van der Waals surface area (Å²) in [7, 11) is 0. The molecule has 3 heteroatoms. The van der Waals surface area contributed by atoms with Crippen LogP contribution in [0.15, 0.2) is 35.3 Å². The van der Waals surface area contributed by atoms with E-state index in [1.807, 2.05) is 43.5 Å². The number of esters is 1. The van der Waals surface area contributed by atoms with Crippen molar-refractivity contribution < 1.29 is 9.53 Å². The molecule has 2 atom stereocenters. The van der Waals surface area contributed by atoms with Gasteiger partial charge < -0.3 is 4.74 Å². The molecule has 0 radical (unpaired) electrons. The van der Waals surface area contributed by atoms with Gasteiger partial charge in [-0.05, 0) is 25.3 Å². The van der Waals surface area contributed by atoms with Crippen LogP contribution in [0.4, 0.5) is 0 Å². The Morgan fingerprint density at radius 2 is 2.17 bits per heavy atom. The highest BCUT2D eigenvalue weighted by molar-refractivity contribution is 5.80. The Hall–Kier alpha value is -1.64. The number of hydrogen-bond acceptors (Lipinski definition) is 3. The van der Waals surface area contributed by atoms with E-state index in [1.165, 1.54) is 0 Å². The highest BCUT2D eigenvalue weighted by atomic mass is 16.5. The Morgan fingerprint density at radius 1 is 1.39 bits per heavy atom. The van der Waals surface area contributed by atoms with E-state index < -0.39 is 0 Å². The number of nitrogens with zero attached hydrogens (tertiary/aromatic N) is 1. The fourth-order valence-corrected chi connectivity index (χ4v) is 2.36. The highest BCUT2D eigenvalue weighted by Crippen LogP contribution is 2.29. The number of hydrogen-bond donors (Lipinski definition) is 0. The zero-order valence-corrected chi connectivity index (χ0v) is 10.7. The van der Waals surface area contributed by atoms with Crippen LogP contribution in [0.3, 0.4) is 0 Å². The van der Waals surface area contributed by atoms with Gasteiger partial charge in [-0.1, -0.05) is 36.8 Å². The first kappa shape index (κ1) is 12.8. The van der Waals surface area contributed by atoms with Gasteiger partial charge >= 0.3 is 5.97 Å². The zero-order chi connectivity index (χ0) is 12.8. The Kier molecular flexibility index (Phi) is 4.51. The van der Waals surface area contributed by atoms with Crippen LogP contribution >= 0.6 is 0 Å². The molecular weight excluding hydrogens is 226 g/mol. The number of aliphatic imine (C=N–C) groups is 1. The van der Waals surface area contributed by atoms with E-state index in [1.54, 1.807) is 0 Å². The van der Waals surface area contributed by atoms with E-state index in [2.05, 4.69) is 4.99 Å². The lowest BCUT2D eigenvalue weighted by atomic mass is 10.0. The van der Waals surface area contributed by atoms with Gasteiger partial charge in [0, 0.05) is 6.21 Å². The number of ether oxygens (including phenoxy) is 1. The SMILES string of the molecule is CCOC(=O)[C@@H]1CCC[C@H]1N=Cc1ccccc1. The second-order valence-corrected chi connectivity index (χ2v) is 4.55. The lowest BCUT2D eigenvalue weighted by Gasteiger charge is -2.13. The molecule has 3 nitrogen and oxygen atoms in total. The number of carbonyl (C=O) groups is 1. The molecule has 1 fully saturated rings. The molecule has 0 unspecified atom stereocenters. The molecule has 2 rings (SSSR count). The van der Waals surface area contributed by atoms with Crippen LogP contribution in [-0.4, -0.2) is 24.8 Å². The summed E-state index contributed by atoms with van der Waals surface area (Å²) in [4.78, 5) is 16.3. The summed E-state index contributed by atoms with van der Waals surface area (Å²) in [5.74, 6) is -0.143. The molecule has 1 saturated carbocycles. The topological polar surface area (TPSA) is 38.7 Å². The summed E-state index contributed by atoms with van der Waals surface area (Å²) < 4.78 is 5.10. The van der Waals surface area contributed by atoms with Crippen molar-refractivity contribution in [3.8, 4) is 0 Å². The van der Waals surface area contributed by atoms with Crippen LogP contribution in [0.2, 0.25) is 0 Å². The molecule has 96 valence electrons. The molecule has 0 bridgehead atoms. The third-order valence-corrected chi connectivity index (χ3v) is 3.28. The smallest absolute Gasteiger partial charge is 0.311 e. The quantitative estimate of drug-likeness (QED) is 0.604. The van der Waals surface area contributed by atoms with Gasteiger partial charge in [-0.15, -0.1) is 0 Å². The maximum absolute atomic E-state index is 11.8. The Bertz CT molecular complexity index is 414. The van der Waals surface area contributed by atoms with Crippen molar-refractivity contribution in [2.24, 2.45) is 10.9 Å². The largest absolute Gasteiger partial charge is 0.466 e. The van der Waals surface area contributed by atoms with Crippen molar-refractivity contribution in [3.05, 3.63) is 35.9 Å². The molecule has 1 aromatic carbocycles. The van der Waals surface area contributed by atoms with Crippen LogP contribution in [0.5, 0.6) is 0 Å². The van der Waals surface area contributed by atoms with Crippen molar-refractivity contribution in [2.45, 2.75) is 32.2 Å². The third-order valence-electron chi connectivity index (χ3n) is 3.28. The zero-order valence-electron chi connectivity index (χ0n) is 10.7. The van der Waals surface area contributed by atoms with E-state index in [-0.39, 0.29) is 17.9 Å². The van der Waals surface area contributed by atoms with Gasteiger partial charge in [0.25, 0.3) is 0 Å². The molecule has 0 spiro atoms. The molecule has 1 aliphatic carbocycles. The Labute approximate surface area is 108 Å². The molecule has 0 amide bonds. The maximum atomic E-state index is 11.8. The minimum atomic E-state index is -0.0924. The molecule has 0 saturated heterocycles. The average Bonchev–Trinajstić information content (AvgIpc) is 2.86. The molecular formula is C15H19NO2. The Balaban J connectivity index is 2.00. The second-order valence-electron chi connectivity index (χ2n) is 4.55. The number of benzene rings is 1. The monoisotopic (exact) mass is 245 g/mol.